The summed E-state index contributed by atoms with van der Waals surface area (Å²) in [7, 11) is 2.96. The normalized spacial score (nSPS) is 12.3. The molecule has 0 saturated carbocycles. The molecule has 2 atom stereocenters. The maximum absolute atomic E-state index is 3.07. The minimum absolute atomic E-state index is 0.489. The van der Waals surface area contributed by atoms with Gasteiger partial charge in [0.2, 0.25) is 0 Å². The van der Waals surface area contributed by atoms with Crippen molar-refractivity contribution < 1.29 is 0 Å². The highest BCUT2D eigenvalue weighted by atomic mass is 31.0. The van der Waals surface area contributed by atoms with E-state index in [9.17, 15) is 0 Å². The molecule has 0 heterocycles. The Morgan fingerprint density at radius 2 is 1.68 bits per heavy atom. The zero-order valence-corrected chi connectivity index (χ0v) is 12.8. The topological polar surface area (TPSA) is 0 Å². The van der Waals surface area contributed by atoms with Crippen LogP contribution in [0, 0.1) is 6.07 Å². The summed E-state index contributed by atoms with van der Waals surface area (Å²) in [5, 5.41) is 0. The Morgan fingerprint density at radius 1 is 1.00 bits per heavy atom. The maximum atomic E-state index is 3.07. The van der Waals surface area contributed by atoms with E-state index in [2.05, 4.69) is 58.6 Å². The van der Waals surface area contributed by atoms with Crippen molar-refractivity contribution in [2.24, 2.45) is 0 Å². The highest BCUT2D eigenvalue weighted by molar-refractivity contribution is 7.17. The van der Waals surface area contributed by atoms with Crippen molar-refractivity contribution in [2.45, 2.75) is 38.3 Å². The van der Waals surface area contributed by atoms with Crippen LogP contribution in [0.1, 0.15) is 42.1 Å². The zero-order chi connectivity index (χ0) is 13.5. The highest BCUT2D eigenvalue weighted by Crippen LogP contribution is 2.27. The van der Waals surface area contributed by atoms with Crippen LogP contribution in [-0.4, -0.2) is 0 Å². The van der Waals surface area contributed by atoms with E-state index in [0.29, 0.717) is 5.66 Å². The van der Waals surface area contributed by atoms with Crippen molar-refractivity contribution in [1.82, 2.24) is 0 Å². The van der Waals surface area contributed by atoms with Crippen LogP contribution in [0.15, 0.2) is 48.5 Å². The van der Waals surface area contributed by atoms with Crippen LogP contribution in [0.4, 0.5) is 0 Å². The molecule has 0 aromatic heterocycles. The van der Waals surface area contributed by atoms with E-state index in [4.69, 9.17) is 0 Å². The SMILES string of the molecule is CCCCc1ccc(C(P)Cc2cc[c]cc2)cc1. The van der Waals surface area contributed by atoms with E-state index < -0.39 is 0 Å². The van der Waals surface area contributed by atoms with E-state index in [1.807, 2.05) is 12.1 Å². The van der Waals surface area contributed by atoms with Gasteiger partial charge in [-0.25, -0.2) is 0 Å². The second kappa shape index (κ2) is 7.46. The molecule has 0 nitrogen and oxygen atoms in total. The van der Waals surface area contributed by atoms with Gasteiger partial charge in [-0.1, -0.05) is 61.9 Å². The van der Waals surface area contributed by atoms with E-state index in [-0.39, 0.29) is 0 Å². The predicted molar refractivity (Wildman–Crippen MR) is 86.5 cm³/mol. The summed E-state index contributed by atoms with van der Waals surface area (Å²) >= 11 is 0. The summed E-state index contributed by atoms with van der Waals surface area (Å²) < 4.78 is 0. The molecule has 19 heavy (non-hydrogen) atoms. The van der Waals surface area contributed by atoms with Gasteiger partial charge in [-0.15, -0.1) is 9.24 Å². The van der Waals surface area contributed by atoms with E-state index in [0.717, 1.165) is 6.42 Å². The van der Waals surface area contributed by atoms with Crippen LogP contribution in [0.25, 0.3) is 0 Å². The molecule has 0 bridgehead atoms. The van der Waals surface area contributed by atoms with Gasteiger partial charge in [0.05, 0.1) is 0 Å². The summed E-state index contributed by atoms with van der Waals surface area (Å²) in [6.07, 6.45) is 4.81. The molecule has 0 N–H and O–H groups in total. The molecule has 0 aliphatic carbocycles. The average Bonchev–Trinajstić information content (AvgIpc) is 2.46. The van der Waals surface area contributed by atoms with Gasteiger partial charge in [-0.3, -0.25) is 0 Å². The molecule has 0 aliphatic heterocycles. The number of unbranched alkanes of at least 4 members (excludes halogenated alkanes) is 1. The van der Waals surface area contributed by atoms with Crippen LogP contribution in [-0.2, 0) is 12.8 Å². The zero-order valence-electron chi connectivity index (χ0n) is 11.6. The second-order valence-electron chi connectivity index (χ2n) is 5.06. The Hall–Kier alpha value is -1.13. The Kier molecular flexibility index (Phi) is 5.61. The molecule has 0 amide bonds. The lowest BCUT2D eigenvalue weighted by Gasteiger charge is -2.12. The van der Waals surface area contributed by atoms with Gasteiger partial charge < -0.3 is 0 Å². The number of rotatable bonds is 6. The van der Waals surface area contributed by atoms with Crippen LogP contribution < -0.4 is 0 Å². The molecule has 99 valence electrons. The molecule has 2 aromatic rings. The van der Waals surface area contributed by atoms with Crippen LogP contribution in [0.2, 0.25) is 0 Å². The lowest BCUT2D eigenvalue weighted by molar-refractivity contribution is 0.794. The first kappa shape index (κ1) is 14.3. The number of hydrogen-bond donors (Lipinski definition) is 0. The predicted octanol–water partition coefficient (Wildman–Crippen LogP) is 4.99. The first-order valence-corrected chi connectivity index (χ1v) is 7.75. The summed E-state index contributed by atoms with van der Waals surface area (Å²) in [5.74, 6) is 0. The molecule has 1 heteroatoms. The van der Waals surface area contributed by atoms with Crippen molar-refractivity contribution in [1.29, 1.82) is 0 Å². The molecule has 0 fully saturated rings. The lowest BCUT2D eigenvalue weighted by Crippen LogP contribution is -1.95. The average molecular weight is 269 g/mol. The van der Waals surface area contributed by atoms with Gasteiger partial charge in [0, 0.05) is 5.66 Å². The Labute approximate surface area is 119 Å². The fourth-order valence-electron chi connectivity index (χ4n) is 2.24. The summed E-state index contributed by atoms with van der Waals surface area (Å²) in [6.45, 7) is 2.24. The van der Waals surface area contributed by atoms with E-state index >= 15 is 0 Å². The quantitative estimate of drug-likeness (QED) is 0.648. The van der Waals surface area contributed by atoms with Gasteiger partial charge in [0.1, 0.15) is 0 Å². The van der Waals surface area contributed by atoms with E-state index in [1.54, 1.807) is 0 Å². The number of benzene rings is 2. The lowest BCUT2D eigenvalue weighted by atomic mass is 10.0. The second-order valence-corrected chi connectivity index (χ2v) is 5.87. The third-order valence-electron chi connectivity index (χ3n) is 3.47. The number of aryl methyl sites for hydroxylation is 1. The van der Waals surface area contributed by atoms with Crippen LogP contribution in [0.3, 0.4) is 0 Å². The molecular weight excluding hydrogens is 247 g/mol. The minimum Gasteiger partial charge on any atom is -0.129 e. The Morgan fingerprint density at radius 3 is 2.32 bits per heavy atom. The van der Waals surface area contributed by atoms with Gasteiger partial charge in [0.25, 0.3) is 0 Å². The van der Waals surface area contributed by atoms with Gasteiger partial charge in [-0.05, 0) is 42.0 Å². The smallest absolute Gasteiger partial charge is 0.00257 e. The third kappa shape index (κ3) is 4.48. The van der Waals surface area contributed by atoms with Crippen molar-refractivity contribution in [2.75, 3.05) is 0 Å². The van der Waals surface area contributed by atoms with Gasteiger partial charge in [0.15, 0.2) is 0 Å². The van der Waals surface area contributed by atoms with Crippen molar-refractivity contribution in [3.8, 4) is 0 Å². The molecule has 0 saturated heterocycles. The summed E-state index contributed by atoms with van der Waals surface area (Å²) in [4.78, 5) is 0. The van der Waals surface area contributed by atoms with Crippen LogP contribution in [0.5, 0.6) is 0 Å². The fraction of sp³-hybridized carbons (Fsp3) is 0.333. The summed E-state index contributed by atoms with van der Waals surface area (Å²) in [5.41, 5.74) is 4.71. The minimum atomic E-state index is 0.489. The molecule has 1 radical (unpaired) electrons. The molecule has 0 aliphatic rings. The largest absolute Gasteiger partial charge is 0.129 e. The molecular formula is C18H22P. The monoisotopic (exact) mass is 269 g/mol. The molecule has 2 aromatic carbocycles. The van der Waals surface area contributed by atoms with Gasteiger partial charge in [-0.2, -0.15) is 0 Å². The first-order chi connectivity index (χ1) is 9.29. The Bertz CT molecular complexity index is 473. The van der Waals surface area contributed by atoms with E-state index in [1.165, 1.54) is 36.0 Å². The fourth-order valence-corrected chi connectivity index (χ4v) is 2.74. The van der Waals surface area contributed by atoms with Crippen molar-refractivity contribution in [3.05, 3.63) is 71.3 Å². The Balaban J connectivity index is 1.97. The van der Waals surface area contributed by atoms with Crippen molar-refractivity contribution in [3.63, 3.8) is 0 Å². The highest BCUT2D eigenvalue weighted by Gasteiger charge is 2.06. The molecule has 2 unspecified atom stereocenters. The summed E-state index contributed by atoms with van der Waals surface area (Å²) in [6, 6.07) is 20.4. The molecule has 2 rings (SSSR count). The third-order valence-corrected chi connectivity index (χ3v) is 4.09. The number of hydrogen-bond acceptors (Lipinski definition) is 0. The maximum Gasteiger partial charge on any atom is 0.00257 e. The van der Waals surface area contributed by atoms with Gasteiger partial charge >= 0.3 is 0 Å². The standard InChI is InChI=1S/C18H22P/c1-2-3-7-15-10-12-17(13-11-15)18(19)14-16-8-5-4-6-9-16/h5-6,8-13,18H,2-3,7,14,19H2,1H3. The van der Waals surface area contributed by atoms with Crippen LogP contribution >= 0.6 is 9.24 Å². The van der Waals surface area contributed by atoms with Crippen molar-refractivity contribution >= 4 is 9.24 Å². The molecule has 0 spiro atoms. The first-order valence-electron chi connectivity index (χ1n) is 7.09.